The molecule has 2 aromatic carbocycles. The van der Waals surface area contributed by atoms with Gasteiger partial charge >= 0.3 is 0 Å². The molecule has 0 saturated carbocycles. The molecule has 4 aromatic rings. The second kappa shape index (κ2) is 6.05. The molecule has 5 nitrogen and oxygen atoms in total. The van der Waals surface area contributed by atoms with Crippen LogP contribution in [-0.4, -0.2) is 20.7 Å². The molecule has 0 saturated heterocycles. The summed E-state index contributed by atoms with van der Waals surface area (Å²) >= 11 is 1.80. The zero-order valence-electron chi connectivity index (χ0n) is 12.9. The molecule has 0 amide bonds. The van der Waals surface area contributed by atoms with Crippen molar-refractivity contribution in [1.29, 1.82) is 0 Å². The third kappa shape index (κ3) is 2.88. The van der Waals surface area contributed by atoms with Crippen molar-refractivity contribution in [3.63, 3.8) is 0 Å². The first-order valence-electron chi connectivity index (χ1n) is 7.68. The molecule has 2 aromatic heterocycles. The van der Waals surface area contributed by atoms with E-state index in [9.17, 15) is 4.79 Å². The van der Waals surface area contributed by atoms with Crippen LogP contribution in [0, 0.1) is 0 Å². The summed E-state index contributed by atoms with van der Waals surface area (Å²) < 4.78 is 0. The normalized spacial score (nSPS) is 11.3. The number of aromatic nitrogens is 3. The van der Waals surface area contributed by atoms with Crippen molar-refractivity contribution in [2.24, 2.45) is 0 Å². The molecule has 4 rings (SSSR count). The van der Waals surface area contributed by atoms with Crippen molar-refractivity contribution < 1.29 is 0 Å². The summed E-state index contributed by atoms with van der Waals surface area (Å²) in [6.07, 6.45) is 0.827. The number of hydrogen-bond donors (Lipinski definition) is 3. The summed E-state index contributed by atoms with van der Waals surface area (Å²) in [4.78, 5) is 22.9. The minimum Gasteiger partial charge on any atom is -0.369 e. The molecular formula is C18H16N4OS. The minimum absolute atomic E-state index is 0.131. The van der Waals surface area contributed by atoms with E-state index in [4.69, 9.17) is 5.73 Å². The van der Waals surface area contributed by atoms with Gasteiger partial charge in [-0.3, -0.25) is 9.78 Å². The lowest BCUT2D eigenvalue weighted by Gasteiger charge is -2.03. The number of aromatic amines is 2. The zero-order chi connectivity index (χ0) is 16.5. The third-order valence-corrected chi connectivity index (χ3v) is 4.93. The number of H-pyrrole nitrogens is 2. The smallest absolute Gasteiger partial charge is 0.261 e. The average Bonchev–Trinajstić information content (AvgIpc) is 2.98. The number of thioether (sulfide) groups is 1. The summed E-state index contributed by atoms with van der Waals surface area (Å²) in [6.45, 7) is 0. The summed E-state index contributed by atoms with van der Waals surface area (Å²) in [6, 6.07) is 16.7. The van der Waals surface area contributed by atoms with Gasteiger partial charge in [-0.1, -0.05) is 30.3 Å². The van der Waals surface area contributed by atoms with Crippen LogP contribution < -0.4 is 11.3 Å². The van der Waals surface area contributed by atoms with E-state index in [-0.39, 0.29) is 11.5 Å². The Hall–Kier alpha value is -2.73. The van der Waals surface area contributed by atoms with Gasteiger partial charge in [-0.2, -0.15) is 4.98 Å². The Morgan fingerprint density at radius 3 is 2.75 bits per heavy atom. The van der Waals surface area contributed by atoms with Gasteiger partial charge in [0.2, 0.25) is 5.95 Å². The molecule has 0 aliphatic carbocycles. The zero-order valence-corrected chi connectivity index (χ0v) is 13.7. The molecule has 0 fully saturated rings. The van der Waals surface area contributed by atoms with Crippen molar-refractivity contribution in [1.82, 2.24) is 15.0 Å². The summed E-state index contributed by atoms with van der Waals surface area (Å²) in [5.74, 6) is 1.05. The second-order valence-corrected chi connectivity index (χ2v) is 6.78. The Balaban J connectivity index is 1.48. The van der Waals surface area contributed by atoms with Crippen LogP contribution in [0.25, 0.3) is 21.8 Å². The number of benzene rings is 2. The number of nitrogens with zero attached hydrogens (tertiary/aromatic N) is 1. The van der Waals surface area contributed by atoms with Crippen LogP contribution >= 0.6 is 11.8 Å². The standard InChI is InChI=1S/C18H16N4OS/c19-18-21-16-15(17(23)22-18)10-13(20-16)7-8-24-14-6-5-11-3-1-2-4-12(11)9-14/h1-6,9-10H,7-8H2,(H4,19,20,21,22,23). The van der Waals surface area contributed by atoms with Gasteiger partial charge in [0, 0.05) is 16.3 Å². The molecule has 120 valence electrons. The Kier molecular flexibility index (Phi) is 3.74. The number of rotatable bonds is 4. The maximum Gasteiger partial charge on any atom is 0.261 e. The van der Waals surface area contributed by atoms with Gasteiger partial charge in [0.1, 0.15) is 5.65 Å². The van der Waals surface area contributed by atoms with Crippen molar-refractivity contribution in [2.45, 2.75) is 11.3 Å². The number of fused-ring (bicyclic) bond motifs is 2. The van der Waals surface area contributed by atoms with Gasteiger partial charge < -0.3 is 10.7 Å². The molecule has 0 aliphatic rings. The van der Waals surface area contributed by atoms with E-state index in [1.54, 1.807) is 11.8 Å². The van der Waals surface area contributed by atoms with Crippen LogP contribution in [0.5, 0.6) is 0 Å². The molecular weight excluding hydrogens is 320 g/mol. The van der Waals surface area contributed by atoms with Crippen LogP contribution in [0.1, 0.15) is 5.69 Å². The minimum atomic E-state index is -0.206. The van der Waals surface area contributed by atoms with E-state index in [0.29, 0.717) is 11.0 Å². The number of nitrogens with two attached hydrogens (primary N) is 1. The van der Waals surface area contributed by atoms with Crippen molar-refractivity contribution >= 4 is 39.5 Å². The monoisotopic (exact) mass is 336 g/mol. The van der Waals surface area contributed by atoms with Crippen LogP contribution in [0.15, 0.2) is 58.2 Å². The lowest BCUT2D eigenvalue weighted by molar-refractivity contribution is 1.08. The van der Waals surface area contributed by atoms with Crippen molar-refractivity contribution in [3.8, 4) is 0 Å². The number of anilines is 1. The highest BCUT2D eigenvalue weighted by atomic mass is 32.2. The van der Waals surface area contributed by atoms with E-state index < -0.39 is 0 Å². The van der Waals surface area contributed by atoms with Gasteiger partial charge in [0.05, 0.1) is 5.39 Å². The number of nitrogen functional groups attached to an aromatic ring is 1. The Morgan fingerprint density at radius 2 is 1.88 bits per heavy atom. The fraction of sp³-hybridized carbons (Fsp3) is 0.111. The molecule has 0 aliphatic heterocycles. The summed E-state index contributed by atoms with van der Waals surface area (Å²) in [5, 5.41) is 3.05. The van der Waals surface area contributed by atoms with Crippen molar-refractivity contribution in [2.75, 3.05) is 11.5 Å². The van der Waals surface area contributed by atoms with Crippen LogP contribution in [0.3, 0.4) is 0 Å². The maximum absolute atomic E-state index is 11.8. The van der Waals surface area contributed by atoms with E-state index in [2.05, 4.69) is 51.4 Å². The largest absolute Gasteiger partial charge is 0.369 e. The van der Waals surface area contributed by atoms with Gasteiger partial charge in [-0.15, -0.1) is 11.8 Å². The predicted octanol–water partition coefficient (Wildman–Crippen LogP) is 3.32. The van der Waals surface area contributed by atoms with Crippen LogP contribution in [-0.2, 0) is 6.42 Å². The van der Waals surface area contributed by atoms with E-state index in [1.807, 2.05) is 12.1 Å². The fourth-order valence-electron chi connectivity index (χ4n) is 2.76. The highest BCUT2D eigenvalue weighted by Gasteiger charge is 2.07. The molecule has 4 N–H and O–H groups in total. The SMILES string of the molecule is Nc1nc2[nH]c(CCSc3ccc4ccccc4c3)cc2c(=O)[nH]1. The molecule has 24 heavy (non-hydrogen) atoms. The van der Waals surface area contributed by atoms with E-state index in [0.717, 1.165) is 17.9 Å². The van der Waals surface area contributed by atoms with E-state index >= 15 is 0 Å². The molecule has 0 unspecified atom stereocenters. The number of aryl methyl sites for hydroxylation is 1. The fourth-order valence-corrected chi connectivity index (χ4v) is 3.69. The molecule has 0 bridgehead atoms. The Bertz CT molecular complexity index is 1080. The highest BCUT2D eigenvalue weighted by molar-refractivity contribution is 7.99. The first-order valence-corrected chi connectivity index (χ1v) is 8.66. The molecule has 2 heterocycles. The lowest BCUT2D eigenvalue weighted by Crippen LogP contribution is -2.09. The first-order chi connectivity index (χ1) is 11.7. The number of nitrogens with one attached hydrogen (secondary N) is 2. The highest BCUT2D eigenvalue weighted by Crippen LogP contribution is 2.24. The van der Waals surface area contributed by atoms with Gasteiger partial charge in [0.15, 0.2) is 0 Å². The lowest BCUT2D eigenvalue weighted by atomic mass is 10.1. The molecule has 6 heteroatoms. The van der Waals surface area contributed by atoms with Gasteiger partial charge in [-0.05, 0) is 35.4 Å². The van der Waals surface area contributed by atoms with Crippen LogP contribution in [0.4, 0.5) is 5.95 Å². The van der Waals surface area contributed by atoms with Crippen molar-refractivity contribution in [3.05, 3.63) is 64.6 Å². The molecule has 0 spiro atoms. The number of hydrogen-bond acceptors (Lipinski definition) is 4. The quantitative estimate of drug-likeness (QED) is 0.499. The van der Waals surface area contributed by atoms with Gasteiger partial charge in [-0.25, -0.2) is 0 Å². The summed E-state index contributed by atoms with van der Waals surface area (Å²) in [7, 11) is 0. The Labute approximate surface area is 142 Å². The maximum atomic E-state index is 11.8. The first kappa shape index (κ1) is 14.8. The predicted molar refractivity (Wildman–Crippen MR) is 99.5 cm³/mol. The Morgan fingerprint density at radius 1 is 1.04 bits per heavy atom. The van der Waals surface area contributed by atoms with Crippen LogP contribution in [0.2, 0.25) is 0 Å². The van der Waals surface area contributed by atoms with Gasteiger partial charge in [0.25, 0.3) is 5.56 Å². The van der Waals surface area contributed by atoms with E-state index in [1.165, 1.54) is 15.7 Å². The average molecular weight is 336 g/mol. The summed E-state index contributed by atoms with van der Waals surface area (Å²) in [5.41, 5.74) is 6.89. The second-order valence-electron chi connectivity index (χ2n) is 5.62. The molecule has 0 atom stereocenters. The third-order valence-electron chi connectivity index (χ3n) is 3.93. The topological polar surface area (TPSA) is 87.6 Å². The molecule has 0 radical (unpaired) electrons.